The molecule has 6 rings (SSSR count). The Morgan fingerprint density at radius 2 is 2.00 bits per heavy atom. The third-order valence-electron chi connectivity index (χ3n) is 8.40. The lowest BCUT2D eigenvalue weighted by Gasteiger charge is -2.60. The van der Waals surface area contributed by atoms with Gasteiger partial charge < -0.3 is 14.8 Å². The fourth-order valence-corrected chi connectivity index (χ4v) is 7.12. The SMILES string of the molecule is C[C@H]1[C@@H](CCC(=O)Nc2cccc([S@@](C)=O)c2)O[C@@H]2O[C@@]3(C)CC[C@H]4[C@H](C)CC[C@@H]1[C@@]24OO3. The molecule has 1 N–H and O–H groups in total. The van der Waals surface area contributed by atoms with Crippen LogP contribution >= 0.6 is 0 Å². The Morgan fingerprint density at radius 3 is 2.79 bits per heavy atom. The van der Waals surface area contributed by atoms with Gasteiger partial charge in [-0.3, -0.25) is 9.00 Å². The summed E-state index contributed by atoms with van der Waals surface area (Å²) >= 11 is 0. The largest absolute Gasteiger partial charge is 0.346 e. The number of hydrogen-bond acceptors (Lipinski definition) is 6. The van der Waals surface area contributed by atoms with E-state index in [-0.39, 0.29) is 23.8 Å². The van der Waals surface area contributed by atoms with Crippen molar-refractivity contribution in [2.24, 2.45) is 23.7 Å². The summed E-state index contributed by atoms with van der Waals surface area (Å²) in [7, 11) is -1.09. The van der Waals surface area contributed by atoms with Crippen LogP contribution in [0, 0.1) is 23.7 Å². The minimum absolute atomic E-state index is 0.0740. The van der Waals surface area contributed by atoms with E-state index in [1.807, 2.05) is 13.0 Å². The molecular formula is C25H35NO6S. The lowest BCUT2D eigenvalue weighted by atomic mass is 9.57. The molecule has 33 heavy (non-hydrogen) atoms. The second-order valence-electron chi connectivity index (χ2n) is 10.5. The molecule has 0 aromatic heterocycles. The Morgan fingerprint density at radius 1 is 1.18 bits per heavy atom. The quantitative estimate of drug-likeness (QED) is 0.633. The molecule has 8 heteroatoms. The van der Waals surface area contributed by atoms with Gasteiger partial charge in [0.2, 0.25) is 11.7 Å². The topological polar surface area (TPSA) is 83.1 Å². The van der Waals surface area contributed by atoms with E-state index in [0.29, 0.717) is 35.3 Å². The zero-order chi connectivity index (χ0) is 23.4. The van der Waals surface area contributed by atoms with Gasteiger partial charge in [-0.2, -0.15) is 0 Å². The molecule has 1 spiro atoms. The molecule has 1 aromatic carbocycles. The second kappa shape index (κ2) is 8.72. The van der Waals surface area contributed by atoms with Crippen LogP contribution in [0.2, 0.25) is 0 Å². The number of rotatable bonds is 5. The van der Waals surface area contributed by atoms with E-state index in [1.54, 1.807) is 24.5 Å². The number of carbonyl (C=O) groups excluding carboxylic acids is 1. The molecule has 4 heterocycles. The maximum Gasteiger partial charge on any atom is 0.224 e. The highest BCUT2D eigenvalue weighted by Gasteiger charge is 2.69. The highest BCUT2D eigenvalue weighted by atomic mass is 32.2. The third-order valence-corrected chi connectivity index (χ3v) is 9.32. The summed E-state index contributed by atoms with van der Waals surface area (Å²) in [5, 5.41) is 2.93. The smallest absolute Gasteiger partial charge is 0.224 e. The summed E-state index contributed by atoms with van der Waals surface area (Å²) in [5.74, 6) is 0.505. The lowest BCUT2D eigenvalue weighted by Crippen LogP contribution is -2.70. The molecule has 9 atom stereocenters. The number of amides is 1. The standard InChI is InChI=1S/C25H35NO6S/c1-15-8-9-20-16(2)21(10-11-22(27)26-17-6-5-7-18(14-17)33(4)28)29-23-25(20)19(15)12-13-24(3,30-23)31-32-25/h5-7,14-16,19-21,23H,8-13H2,1-4H3,(H,26,27)/t15-,16-,19+,20+,21-,23-,24-,25-,33-/m1/s1. The van der Waals surface area contributed by atoms with E-state index in [9.17, 15) is 9.00 Å². The fraction of sp³-hybridized carbons (Fsp3) is 0.720. The Labute approximate surface area is 198 Å². The normalized spacial score (nSPS) is 42.8. The third kappa shape index (κ3) is 4.08. The van der Waals surface area contributed by atoms with Crippen molar-refractivity contribution < 1.29 is 28.3 Å². The Hall–Kier alpha value is -1.32. The zero-order valence-corrected chi connectivity index (χ0v) is 20.7. The average molecular weight is 478 g/mol. The van der Waals surface area contributed by atoms with Crippen molar-refractivity contribution in [1.82, 2.24) is 0 Å². The number of fused-ring (bicyclic) bond motifs is 2. The summed E-state index contributed by atoms with van der Waals surface area (Å²) in [6.07, 6.45) is 6.02. The molecule has 0 unspecified atom stereocenters. The molecule has 4 aliphatic heterocycles. The van der Waals surface area contributed by atoms with Crippen LogP contribution in [0.4, 0.5) is 5.69 Å². The van der Waals surface area contributed by atoms with Gasteiger partial charge in [0.05, 0.1) is 6.10 Å². The fourth-order valence-electron chi connectivity index (χ4n) is 6.56. The van der Waals surface area contributed by atoms with Crippen LogP contribution in [0.3, 0.4) is 0 Å². The molecule has 0 radical (unpaired) electrons. The number of nitrogens with one attached hydrogen (secondary N) is 1. The van der Waals surface area contributed by atoms with Gasteiger partial charge in [-0.05, 0) is 68.6 Å². The van der Waals surface area contributed by atoms with E-state index < -0.39 is 28.5 Å². The maximum atomic E-state index is 12.7. The number of ether oxygens (including phenoxy) is 2. The zero-order valence-electron chi connectivity index (χ0n) is 19.9. The Kier molecular flexibility index (Phi) is 6.19. The second-order valence-corrected chi connectivity index (χ2v) is 11.9. The van der Waals surface area contributed by atoms with Crippen molar-refractivity contribution in [2.45, 2.75) is 88.0 Å². The van der Waals surface area contributed by atoms with Crippen LogP contribution < -0.4 is 5.32 Å². The lowest BCUT2D eigenvalue weighted by molar-refractivity contribution is -0.571. The van der Waals surface area contributed by atoms with Gasteiger partial charge in [0.25, 0.3) is 0 Å². The average Bonchev–Trinajstić information content (AvgIpc) is 3.01. The van der Waals surface area contributed by atoms with Gasteiger partial charge in [-0.25, -0.2) is 9.78 Å². The molecule has 2 bridgehead atoms. The molecule has 1 saturated carbocycles. The molecular weight excluding hydrogens is 442 g/mol. The minimum atomic E-state index is -1.09. The first-order chi connectivity index (χ1) is 15.7. The molecule has 1 aromatic rings. The number of benzene rings is 1. The summed E-state index contributed by atoms with van der Waals surface area (Å²) in [6.45, 7) is 6.45. The molecule has 7 nitrogen and oxygen atoms in total. The summed E-state index contributed by atoms with van der Waals surface area (Å²) in [5.41, 5.74) is 0.0958. The van der Waals surface area contributed by atoms with Gasteiger partial charge >= 0.3 is 0 Å². The van der Waals surface area contributed by atoms with Gasteiger partial charge in [0.1, 0.15) is 0 Å². The highest BCUT2D eigenvalue weighted by molar-refractivity contribution is 7.84. The van der Waals surface area contributed by atoms with Gasteiger partial charge in [-0.15, -0.1) is 0 Å². The van der Waals surface area contributed by atoms with Crippen LogP contribution in [-0.4, -0.2) is 40.2 Å². The van der Waals surface area contributed by atoms with Crippen molar-refractivity contribution in [3.63, 3.8) is 0 Å². The monoisotopic (exact) mass is 477 g/mol. The van der Waals surface area contributed by atoms with E-state index in [4.69, 9.17) is 19.2 Å². The summed E-state index contributed by atoms with van der Waals surface area (Å²) in [4.78, 5) is 25.4. The van der Waals surface area contributed by atoms with Crippen molar-refractivity contribution in [1.29, 1.82) is 0 Å². The molecule has 1 amide bonds. The van der Waals surface area contributed by atoms with Crippen molar-refractivity contribution >= 4 is 22.4 Å². The van der Waals surface area contributed by atoms with Crippen LogP contribution in [0.25, 0.3) is 0 Å². The Balaban J connectivity index is 1.29. The van der Waals surface area contributed by atoms with Crippen molar-refractivity contribution in [2.75, 3.05) is 11.6 Å². The van der Waals surface area contributed by atoms with Gasteiger partial charge in [-0.1, -0.05) is 19.9 Å². The first-order valence-corrected chi connectivity index (χ1v) is 13.7. The number of carbonyl (C=O) groups is 1. The van der Waals surface area contributed by atoms with Crippen LogP contribution in [0.15, 0.2) is 29.2 Å². The van der Waals surface area contributed by atoms with E-state index in [0.717, 1.165) is 25.7 Å². The summed E-state index contributed by atoms with van der Waals surface area (Å²) in [6, 6.07) is 7.17. The predicted molar refractivity (Wildman–Crippen MR) is 123 cm³/mol. The van der Waals surface area contributed by atoms with Crippen LogP contribution in [0.1, 0.15) is 59.3 Å². The number of anilines is 1. The van der Waals surface area contributed by atoms with E-state index in [1.165, 1.54) is 0 Å². The van der Waals surface area contributed by atoms with Crippen LogP contribution in [0.5, 0.6) is 0 Å². The minimum Gasteiger partial charge on any atom is -0.346 e. The number of hydrogen-bond donors (Lipinski definition) is 1. The van der Waals surface area contributed by atoms with Crippen molar-refractivity contribution in [3.8, 4) is 0 Å². The maximum absolute atomic E-state index is 12.7. The molecule has 5 aliphatic rings. The van der Waals surface area contributed by atoms with Crippen molar-refractivity contribution in [3.05, 3.63) is 24.3 Å². The first kappa shape index (κ1) is 23.4. The molecule has 5 fully saturated rings. The van der Waals surface area contributed by atoms with Crippen LogP contribution in [-0.2, 0) is 34.8 Å². The first-order valence-electron chi connectivity index (χ1n) is 12.2. The molecule has 182 valence electrons. The Bertz CT molecular complexity index is 941. The van der Waals surface area contributed by atoms with Gasteiger partial charge in [0, 0.05) is 46.4 Å². The highest BCUT2D eigenvalue weighted by Crippen LogP contribution is 2.60. The molecule has 1 aliphatic carbocycles. The van der Waals surface area contributed by atoms with E-state index in [2.05, 4.69) is 19.2 Å². The van der Waals surface area contributed by atoms with Gasteiger partial charge in [0.15, 0.2) is 11.9 Å². The van der Waals surface area contributed by atoms with E-state index >= 15 is 0 Å². The summed E-state index contributed by atoms with van der Waals surface area (Å²) < 4.78 is 24.7. The molecule has 4 saturated heterocycles. The predicted octanol–water partition coefficient (Wildman–Crippen LogP) is 4.39.